The molecule has 2 aliphatic rings. The number of piperidine rings is 1. The second-order valence-electron chi connectivity index (χ2n) is 9.31. The fraction of sp³-hybridized carbons (Fsp3) is 0.407. The Morgan fingerprint density at radius 3 is 2.45 bits per heavy atom. The maximum atomic E-state index is 13.0. The first-order valence-corrected chi connectivity index (χ1v) is 12.0. The fourth-order valence-corrected chi connectivity index (χ4v) is 5.22. The van der Waals surface area contributed by atoms with Gasteiger partial charge in [0.15, 0.2) is 0 Å². The predicted octanol–water partition coefficient (Wildman–Crippen LogP) is 3.76. The minimum Gasteiger partial charge on any atom is -0.387 e. The van der Waals surface area contributed by atoms with E-state index in [0.717, 1.165) is 56.3 Å². The number of likely N-dealkylation sites (tertiary alicyclic amines) is 1. The fourth-order valence-electron chi connectivity index (χ4n) is 5.22. The number of aliphatic hydroxyl groups excluding tert-OH is 1. The second-order valence-corrected chi connectivity index (χ2v) is 9.31. The number of aliphatic hydroxyl groups is 1. The zero-order valence-electron chi connectivity index (χ0n) is 18.9. The van der Waals surface area contributed by atoms with Crippen molar-refractivity contribution in [1.82, 2.24) is 20.0 Å². The van der Waals surface area contributed by atoms with Gasteiger partial charge >= 0.3 is 0 Å². The van der Waals surface area contributed by atoms with Crippen molar-refractivity contribution in [3.05, 3.63) is 89.7 Å². The third-order valence-electron chi connectivity index (χ3n) is 7.13. The SMILES string of the molecule is O=C(c1ccc(C[C@@H]2CC[C@H](C(O)c3ccccc3)N2)cc1)N1CCC(n2cccn2)CC1. The minimum absolute atomic E-state index is 0.0860. The maximum Gasteiger partial charge on any atom is 0.253 e. The molecular weight excluding hydrogens is 412 g/mol. The largest absolute Gasteiger partial charge is 0.387 e. The van der Waals surface area contributed by atoms with Gasteiger partial charge in [-0.1, -0.05) is 42.5 Å². The number of carbonyl (C=O) groups is 1. The van der Waals surface area contributed by atoms with E-state index in [0.29, 0.717) is 12.1 Å². The van der Waals surface area contributed by atoms with Crippen LogP contribution in [0.1, 0.15) is 59.3 Å². The van der Waals surface area contributed by atoms with Crippen LogP contribution in [0.2, 0.25) is 0 Å². The molecule has 2 N–H and O–H groups in total. The Bertz CT molecular complexity index is 1030. The Morgan fingerprint density at radius 1 is 1.00 bits per heavy atom. The van der Waals surface area contributed by atoms with Crippen LogP contribution < -0.4 is 5.32 Å². The molecule has 1 aromatic heterocycles. The van der Waals surface area contributed by atoms with Crippen molar-refractivity contribution in [3.8, 4) is 0 Å². The van der Waals surface area contributed by atoms with Gasteiger partial charge in [0.2, 0.25) is 0 Å². The van der Waals surface area contributed by atoms with Crippen molar-refractivity contribution in [3.63, 3.8) is 0 Å². The molecule has 3 aromatic rings. The molecule has 3 heterocycles. The van der Waals surface area contributed by atoms with Crippen LogP contribution in [0, 0.1) is 0 Å². The Kier molecular flexibility index (Phi) is 6.55. The van der Waals surface area contributed by atoms with Crippen LogP contribution in [0.5, 0.6) is 0 Å². The van der Waals surface area contributed by atoms with E-state index in [9.17, 15) is 9.90 Å². The molecule has 0 bridgehead atoms. The summed E-state index contributed by atoms with van der Waals surface area (Å²) in [5.41, 5.74) is 2.94. The molecule has 1 unspecified atom stereocenters. The van der Waals surface area contributed by atoms with Crippen molar-refractivity contribution >= 4 is 5.91 Å². The van der Waals surface area contributed by atoms with Gasteiger partial charge in [-0.05, 0) is 61.4 Å². The Balaban J connectivity index is 1.12. The summed E-state index contributed by atoms with van der Waals surface area (Å²) in [7, 11) is 0. The van der Waals surface area contributed by atoms with Crippen LogP contribution in [-0.2, 0) is 6.42 Å². The molecule has 6 nitrogen and oxygen atoms in total. The van der Waals surface area contributed by atoms with E-state index >= 15 is 0 Å². The quantitative estimate of drug-likeness (QED) is 0.607. The number of hydrogen-bond acceptors (Lipinski definition) is 4. The molecule has 0 aliphatic carbocycles. The summed E-state index contributed by atoms with van der Waals surface area (Å²) in [6.07, 6.45) is 8.13. The van der Waals surface area contributed by atoms with Gasteiger partial charge in [-0.25, -0.2) is 0 Å². The summed E-state index contributed by atoms with van der Waals surface area (Å²) in [6.45, 7) is 1.53. The second kappa shape index (κ2) is 9.89. The van der Waals surface area contributed by atoms with Gasteiger partial charge in [-0.2, -0.15) is 5.10 Å². The molecule has 2 aliphatic heterocycles. The van der Waals surface area contributed by atoms with E-state index in [1.165, 1.54) is 5.56 Å². The van der Waals surface area contributed by atoms with Crippen molar-refractivity contribution in [2.24, 2.45) is 0 Å². The highest BCUT2D eigenvalue weighted by Crippen LogP contribution is 2.27. The first-order chi connectivity index (χ1) is 16.2. The zero-order valence-corrected chi connectivity index (χ0v) is 18.9. The lowest BCUT2D eigenvalue weighted by molar-refractivity contribution is 0.0690. The third-order valence-corrected chi connectivity index (χ3v) is 7.13. The summed E-state index contributed by atoms with van der Waals surface area (Å²) in [4.78, 5) is 14.9. The van der Waals surface area contributed by atoms with Crippen molar-refractivity contribution in [2.45, 2.75) is 56.3 Å². The molecule has 0 spiro atoms. The van der Waals surface area contributed by atoms with Gasteiger partial charge in [0.05, 0.1) is 12.1 Å². The molecule has 33 heavy (non-hydrogen) atoms. The maximum absolute atomic E-state index is 13.0. The first-order valence-electron chi connectivity index (χ1n) is 12.0. The monoisotopic (exact) mass is 444 g/mol. The molecule has 1 amide bonds. The number of rotatable bonds is 6. The molecule has 3 atom stereocenters. The number of aromatic nitrogens is 2. The van der Waals surface area contributed by atoms with Gasteiger partial charge in [0.25, 0.3) is 5.91 Å². The number of nitrogens with one attached hydrogen (secondary N) is 1. The minimum atomic E-state index is -0.478. The Labute approximate surface area is 195 Å². The molecule has 5 rings (SSSR count). The molecule has 172 valence electrons. The molecule has 6 heteroatoms. The van der Waals surface area contributed by atoms with Crippen LogP contribution >= 0.6 is 0 Å². The van der Waals surface area contributed by atoms with Crippen molar-refractivity contribution in [2.75, 3.05) is 13.1 Å². The molecule has 2 saturated heterocycles. The van der Waals surface area contributed by atoms with Crippen LogP contribution in [-0.4, -0.2) is 50.9 Å². The summed E-state index contributed by atoms with van der Waals surface area (Å²) >= 11 is 0. The normalized spacial score (nSPS) is 22.4. The van der Waals surface area contributed by atoms with Crippen LogP contribution in [0.3, 0.4) is 0 Å². The van der Waals surface area contributed by atoms with E-state index in [2.05, 4.69) is 22.5 Å². The Morgan fingerprint density at radius 2 is 1.76 bits per heavy atom. The van der Waals surface area contributed by atoms with Crippen LogP contribution in [0.25, 0.3) is 0 Å². The summed E-state index contributed by atoms with van der Waals surface area (Å²) in [5.74, 6) is 0.116. The smallest absolute Gasteiger partial charge is 0.253 e. The predicted molar refractivity (Wildman–Crippen MR) is 128 cm³/mol. The van der Waals surface area contributed by atoms with E-state index in [1.807, 2.05) is 70.5 Å². The molecule has 2 fully saturated rings. The lowest BCUT2D eigenvalue weighted by atomic mass is 10.0. The molecular formula is C27H32N4O2. The summed E-state index contributed by atoms with van der Waals surface area (Å²) in [6, 6.07) is 20.7. The summed E-state index contributed by atoms with van der Waals surface area (Å²) in [5, 5.41) is 18.6. The molecule has 2 aromatic carbocycles. The van der Waals surface area contributed by atoms with Crippen molar-refractivity contribution in [1.29, 1.82) is 0 Å². The van der Waals surface area contributed by atoms with Gasteiger partial charge < -0.3 is 15.3 Å². The van der Waals surface area contributed by atoms with Crippen LogP contribution in [0.15, 0.2) is 73.1 Å². The summed E-state index contributed by atoms with van der Waals surface area (Å²) < 4.78 is 2.01. The first kappa shape index (κ1) is 21.9. The number of hydrogen-bond donors (Lipinski definition) is 2. The van der Waals surface area contributed by atoms with Crippen LogP contribution in [0.4, 0.5) is 0 Å². The highest BCUT2D eigenvalue weighted by molar-refractivity contribution is 5.94. The number of nitrogens with zero attached hydrogens (tertiary/aromatic N) is 3. The molecule has 0 radical (unpaired) electrons. The number of benzene rings is 2. The molecule has 0 saturated carbocycles. The van der Waals surface area contributed by atoms with Gasteiger partial charge in [0, 0.05) is 43.1 Å². The lowest BCUT2D eigenvalue weighted by Crippen LogP contribution is -2.39. The van der Waals surface area contributed by atoms with E-state index < -0.39 is 6.10 Å². The zero-order chi connectivity index (χ0) is 22.6. The standard InChI is InChI=1S/C27H32N4O2/c32-26(21-5-2-1-3-6-21)25-12-11-23(29-25)19-20-7-9-22(10-8-20)27(33)30-17-13-24(14-18-30)31-16-4-15-28-31/h1-10,15-16,23-26,29,32H,11-14,17-19H2/t23-,25+,26?/m0/s1. The van der Waals surface area contributed by atoms with E-state index in [-0.39, 0.29) is 11.9 Å². The Hall–Kier alpha value is -2.96. The average molecular weight is 445 g/mol. The lowest BCUT2D eigenvalue weighted by Gasteiger charge is -2.32. The third kappa shape index (κ3) is 5.02. The van der Waals surface area contributed by atoms with E-state index in [1.54, 1.807) is 0 Å². The highest BCUT2D eigenvalue weighted by atomic mass is 16.3. The van der Waals surface area contributed by atoms with Gasteiger partial charge in [0.1, 0.15) is 0 Å². The number of amides is 1. The highest BCUT2D eigenvalue weighted by Gasteiger charge is 2.30. The van der Waals surface area contributed by atoms with Gasteiger partial charge in [-0.15, -0.1) is 0 Å². The topological polar surface area (TPSA) is 70.4 Å². The number of carbonyl (C=O) groups excluding carboxylic acids is 1. The average Bonchev–Trinajstić information content (AvgIpc) is 3.57. The van der Waals surface area contributed by atoms with E-state index in [4.69, 9.17) is 0 Å². The van der Waals surface area contributed by atoms with Gasteiger partial charge in [-0.3, -0.25) is 9.48 Å². The van der Waals surface area contributed by atoms with Crippen molar-refractivity contribution < 1.29 is 9.90 Å².